The molecule has 84 valence electrons. The molecule has 0 amide bonds. The van der Waals surface area contributed by atoms with Gasteiger partial charge < -0.3 is 4.40 Å². The Balaban J connectivity index is 2.42. The van der Waals surface area contributed by atoms with E-state index in [0.29, 0.717) is 10.7 Å². The smallest absolute Gasteiger partial charge is 0.179 e. The van der Waals surface area contributed by atoms with Crippen LogP contribution in [0.2, 0.25) is 5.02 Å². The Morgan fingerprint density at radius 2 is 2.18 bits per heavy atom. The molecule has 2 heterocycles. The van der Waals surface area contributed by atoms with Crippen LogP contribution in [0.25, 0.3) is 16.4 Å². The van der Waals surface area contributed by atoms with Gasteiger partial charge in [-0.3, -0.25) is 4.79 Å². The number of fused-ring (bicyclic) bond motifs is 3. The molecule has 2 aromatic heterocycles. The van der Waals surface area contributed by atoms with Gasteiger partial charge >= 0.3 is 0 Å². The maximum atomic E-state index is 11.3. The van der Waals surface area contributed by atoms with Crippen LogP contribution in [0.15, 0.2) is 36.7 Å². The highest BCUT2D eigenvalue weighted by Crippen LogP contribution is 2.23. The van der Waals surface area contributed by atoms with E-state index in [-0.39, 0.29) is 5.78 Å². The number of Topliss-reactive ketones (excluding diaryl/α,β-unsaturated/α-hetero) is 1. The third-order valence-electron chi connectivity index (χ3n) is 2.76. The fourth-order valence-electron chi connectivity index (χ4n) is 1.91. The zero-order chi connectivity index (χ0) is 12.0. The number of rotatable bonds is 1. The van der Waals surface area contributed by atoms with Gasteiger partial charge in [-0.2, -0.15) is 0 Å². The van der Waals surface area contributed by atoms with Crippen molar-refractivity contribution in [2.75, 3.05) is 0 Å². The van der Waals surface area contributed by atoms with Gasteiger partial charge in [0.05, 0.1) is 0 Å². The van der Waals surface area contributed by atoms with E-state index in [0.717, 1.165) is 16.4 Å². The Morgan fingerprint density at radius 3 is 2.94 bits per heavy atom. The van der Waals surface area contributed by atoms with Crippen LogP contribution in [0.4, 0.5) is 0 Å². The van der Waals surface area contributed by atoms with Crippen LogP contribution in [-0.4, -0.2) is 15.2 Å². The highest BCUT2D eigenvalue weighted by Gasteiger charge is 2.08. The minimum Gasteiger partial charge on any atom is -0.306 e. The van der Waals surface area contributed by atoms with Crippen molar-refractivity contribution >= 4 is 33.8 Å². The first kappa shape index (κ1) is 10.3. The Kier molecular flexibility index (Phi) is 2.16. The van der Waals surface area contributed by atoms with Crippen molar-refractivity contribution in [3.8, 4) is 0 Å². The van der Waals surface area contributed by atoms with E-state index >= 15 is 0 Å². The first-order chi connectivity index (χ1) is 8.15. The molecule has 17 heavy (non-hydrogen) atoms. The van der Waals surface area contributed by atoms with Crippen LogP contribution in [-0.2, 0) is 0 Å². The van der Waals surface area contributed by atoms with Crippen LogP contribution in [0, 0.1) is 0 Å². The van der Waals surface area contributed by atoms with Gasteiger partial charge in [0.2, 0.25) is 0 Å². The van der Waals surface area contributed by atoms with Gasteiger partial charge in [0.15, 0.2) is 5.78 Å². The number of carbonyl (C=O) groups excluding carboxylic acids is 1. The third-order valence-corrected chi connectivity index (χ3v) is 3.00. The van der Waals surface area contributed by atoms with Gasteiger partial charge in [-0.1, -0.05) is 11.6 Å². The molecule has 3 aromatic rings. The van der Waals surface area contributed by atoms with Crippen LogP contribution in [0.5, 0.6) is 0 Å². The lowest BCUT2D eigenvalue weighted by Crippen LogP contribution is -1.90. The molecule has 0 atom stereocenters. The summed E-state index contributed by atoms with van der Waals surface area (Å²) in [7, 11) is 0. The normalized spacial score (nSPS) is 11.2. The standard InChI is InChI=1S/C13H9ClN2O/c1-8(17)12-7-16-5-4-9-6-10(14)2-3-11(9)13(16)15-12/h2-7H,1H3. The highest BCUT2D eigenvalue weighted by atomic mass is 35.5. The van der Waals surface area contributed by atoms with Crippen LogP contribution < -0.4 is 0 Å². The van der Waals surface area contributed by atoms with Crippen molar-refractivity contribution < 1.29 is 4.79 Å². The monoisotopic (exact) mass is 244 g/mol. The molecular weight excluding hydrogens is 236 g/mol. The molecule has 1 aromatic carbocycles. The molecule has 0 saturated carbocycles. The van der Waals surface area contributed by atoms with Crippen molar-refractivity contribution in [3.05, 3.63) is 47.4 Å². The quantitative estimate of drug-likeness (QED) is 0.616. The Labute approximate surface area is 103 Å². The summed E-state index contributed by atoms with van der Waals surface area (Å²) in [5, 5.41) is 2.70. The molecule has 0 spiro atoms. The van der Waals surface area contributed by atoms with Crippen LogP contribution in [0.1, 0.15) is 17.4 Å². The lowest BCUT2D eigenvalue weighted by molar-refractivity contribution is 0.101. The molecule has 0 fully saturated rings. The Hall–Kier alpha value is -1.87. The number of pyridine rings is 1. The molecule has 0 aliphatic carbocycles. The van der Waals surface area contributed by atoms with Gasteiger partial charge in [0, 0.05) is 29.7 Å². The minimum atomic E-state index is -0.0317. The summed E-state index contributed by atoms with van der Waals surface area (Å²) in [6, 6.07) is 7.59. The van der Waals surface area contributed by atoms with E-state index in [1.165, 1.54) is 6.92 Å². The minimum absolute atomic E-state index is 0.0317. The van der Waals surface area contributed by atoms with Crippen LogP contribution in [0.3, 0.4) is 0 Å². The number of hydrogen-bond donors (Lipinski definition) is 0. The second-order valence-corrected chi connectivity index (χ2v) is 4.40. The molecule has 0 aliphatic heterocycles. The first-order valence-corrected chi connectivity index (χ1v) is 5.61. The molecule has 0 saturated heterocycles. The summed E-state index contributed by atoms with van der Waals surface area (Å²) in [6.07, 6.45) is 3.62. The van der Waals surface area contributed by atoms with E-state index in [1.807, 2.05) is 34.9 Å². The summed E-state index contributed by atoms with van der Waals surface area (Å²) >= 11 is 5.94. The number of nitrogens with zero attached hydrogens (tertiary/aromatic N) is 2. The number of ketones is 1. The van der Waals surface area contributed by atoms with Gasteiger partial charge in [-0.25, -0.2) is 4.98 Å². The predicted molar refractivity (Wildman–Crippen MR) is 67.7 cm³/mol. The van der Waals surface area contributed by atoms with Crippen molar-refractivity contribution in [2.45, 2.75) is 6.92 Å². The number of carbonyl (C=O) groups is 1. The molecule has 3 nitrogen and oxygen atoms in total. The van der Waals surface area contributed by atoms with E-state index in [2.05, 4.69) is 4.98 Å². The molecule has 0 N–H and O–H groups in total. The van der Waals surface area contributed by atoms with Crippen molar-refractivity contribution in [3.63, 3.8) is 0 Å². The third kappa shape index (κ3) is 1.59. The van der Waals surface area contributed by atoms with E-state index in [1.54, 1.807) is 6.20 Å². The lowest BCUT2D eigenvalue weighted by atomic mass is 10.2. The van der Waals surface area contributed by atoms with Crippen LogP contribution >= 0.6 is 11.6 Å². The second-order valence-electron chi connectivity index (χ2n) is 3.96. The maximum absolute atomic E-state index is 11.3. The van der Waals surface area contributed by atoms with E-state index in [9.17, 15) is 4.79 Å². The highest BCUT2D eigenvalue weighted by molar-refractivity contribution is 6.31. The average molecular weight is 245 g/mol. The molecule has 0 aliphatic rings. The van der Waals surface area contributed by atoms with Gasteiger partial charge in [0.1, 0.15) is 11.3 Å². The summed E-state index contributed by atoms with van der Waals surface area (Å²) in [5.41, 5.74) is 1.26. The Bertz CT molecular complexity index is 746. The molecular formula is C13H9ClN2O. The van der Waals surface area contributed by atoms with Crippen molar-refractivity contribution in [1.82, 2.24) is 9.38 Å². The Morgan fingerprint density at radius 1 is 1.35 bits per heavy atom. The molecule has 0 radical (unpaired) electrons. The molecule has 0 bridgehead atoms. The first-order valence-electron chi connectivity index (χ1n) is 5.23. The average Bonchev–Trinajstić information content (AvgIpc) is 2.72. The summed E-state index contributed by atoms with van der Waals surface area (Å²) in [5.74, 6) is -0.0317. The van der Waals surface area contributed by atoms with Gasteiger partial charge in [-0.05, 0) is 29.7 Å². The SMILES string of the molecule is CC(=O)c1cn2ccc3cc(Cl)ccc3c2n1. The van der Waals surface area contributed by atoms with Gasteiger partial charge in [-0.15, -0.1) is 0 Å². The number of imidazole rings is 1. The van der Waals surface area contributed by atoms with E-state index in [4.69, 9.17) is 11.6 Å². The number of hydrogen-bond acceptors (Lipinski definition) is 2. The number of aromatic nitrogens is 2. The fraction of sp³-hybridized carbons (Fsp3) is 0.0769. The molecule has 4 heteroatoms. The molecule has 0 unspecified atom stereocenters. The number of benzene rings is 1. The van der Waals surface area contributed by atoms with Crippen molar-refractivity contribution in [1.29, 1.82) is 0 Å². The summed E-state index contributed by atoms with van der Waals surface area (Å²) in [6.45, 7) is 1.51. The van der Waals surface area contributed by atoms with Crippen molar-refractivity contribution in [2.24, 2.45) is 0 Å². The second kappa shape index (κ2) is 3.57. The summed E-state index contributed by atoms with van der Waals surface area (Å²) in [4.78, 5) is 15.6. The number of halogens is 1. The summed E-state index contributed by atoms with van der Waals surface area (Å²) < 4.78 is 1.85. The zero-order valence-corrected chi connectivity index (χ0v) is 9.90. The topological polar surface area (TPSA) is 34.4 Å². The van der Waals surface area contributed by atoms with E-state index < -0.39 is 0 Å². The fourth-order valence-corrected chi connectivity index (χ4v) is 2.09. The lowest BCUT2D eigenvalue weighted by Gasteiger charge is -2.00. The molecule has 3 rings (SSSR count). The maximum Gasteiger partial charge on any atom is 0.179 e. The predicted octanol–water partition coefficient (Wildman–Crippen LogP) is 3.34. The van der Waals surface area contributed by atoms with Gasteiger partial charge in [0.25, 0.3) is 0 Å². The zero-order valence-electron chi connectivity index (χ0n) is 9.14. The largest absolute Gasteiger partial charge is 0.306 e.